The molecule has 0 bridgehead atoms. The first-order chi connectivity index (χ1) is 5.17. The summed E-state index contributed by atoms with van der Waals surface area (Å²) in [7, 11) is 1.82. The Morgan fingerprint density at radius 1 is 1.64 bits per heavy atom. The van der Waals surface area contributed by atoms with Gasteiger partial charge >= 0.3 is 0 Å². The Morgan fingerprint density at radius 2 is 2.18 bits per heavy atom. The summed E-state index contributed by atoms with van der Waals surface area (Å²) in [5.74, 6) is 1.09. The maximum absolute atomic E-state index is 4.17. The van der Waals surface area contributed by atoms with Crippen LogP contribution in [0.1, 0.15) is 27.2 Å². The molecule has 0 radical (unpaired) electrons. The summed E-state index contributed by atoms with van der Waals surface area (Å²) in [5.41, 5.74) is 0. The first-order valence-electron chi connectivity index (χ1n) is 4.03. The lowest BCUT2D eigenvalue weighted by molar-refractivity contribution is 0.451. The summed E-state index contributed by atoms with van der Waals surface area (Å²) in [6.07, 6.45) is 2.79. The van der Waals surface area contributed by atoms with Gasteiger partial charge in [0, 0.05) is 19.5 Å². The van der Waals surface area contributed by atoms with Crippen LogP contribution in [0.2, 0.25) is 0 Å². The minimum Gasteiger partial charge on any atom is -0.335 e. The molecule has 0 saturated heterocycles. The van der Waals surface area contributed by atoms with Crippen molar-refractivity contribution < 1.29 is 0 Å². The second kappa shape index (κ2) is 4.94. The monoisotopic (exact) mass is 154 g/mol. The van der Waals surface area contributed by atoms with E-state index in [9.17, 15) is 0 Å². The van der Waals surface area contributed by atoms with E-state index in [1.807, 2.05) is 13.2 Å². The van der Waals surface area contributed by atoms with Crippen molar-refractivity contribution in [2.24, 2.45) is 4.99 Å². The van der Waals surface area contributed by atoms with Crippen molar-refractivity contribution in [1.82, 2.24) is 4.90 Å². The highest BCUT2D eigenvalue weighted by Gasteiger charge is 2.07. The van der Waals surface area contributed by atoms with E-state index < -0.39 is 0 Å². The number of aliphatic imine (C=N–C) groups is 1. The summed E-state index contributed by atoms with van der Waals surface area (Å²) in [6.45, 7) is 10.1. The summed E-state index contributed by atoms with van der Waals surface area (Å²) >= 11 is 0. The van der Waals surface area contributed by atoms with Gasteiger partial charge < -0.3 is 4.90 Å². The maximum atomic E-state index is 4.17. The summed E-state index contributed by atoms with van der Waals surface area (Å²) in [6, 6.07) is 0.450. The highest BCUT2D eigenvalue weighted by atomic mass is 15.2. The average molecular weight is 154 g/mol. The summed E-state index contributed by atoms with van der Waals surface area (Å²) < 4.78 is 0. The van der Waals surface area contributed by atoms with Crippen LogP contribution in [-0.4, -0.2) is 23.8 Å². The Bertz CT molecular complexity index is 148. The zero-order valence-electron chi connectivity index (χ0n) is 7.96. The Hall–Kier alpha value is -0.790. The molecule has 0 aliphatic carbocycles. The van der Waals surface area contributed by atoms with E-state index in [2.05, 4.69) is 37.2 Å². The van der Waals surface area contributed by atoms with Gasteiger partial charge in [0.1, 0.15) is 5.84 Å². The third-order valence-electron chi connectivity index (χ3n) is 1.63. The molecule has 0 aliphatic rings. The van der Waals surface area contributed by atoms with Gasteiger partial charge in [-0.15, -0.1) is 0 Å². The van der Waals surface area contributed by atoms with Crippen LogP contribution in [0.3, 0.4) is 0 Å². The van der Waals surface area contributed by atoms with Crippen molar-refractivity contribution in [2.75, 3.05) is 7.05 Å². The third-order valence-corrected chi connectivity index (χ3v) is 1.63. The van der Waals surface area contributed by atoms with Gasteiger partial charge in [-0.1, -0.05) is 13.5 Å². The molecule has 0 amide bonds. The van der Waals surface area contributed by atoms with Gasteiger partial charge in [-0.25, -0.2) is 0 Å². The van der Waals surface area contributed by atoms with Crippen LogP contribution in [0.25, 0.3) is 0 Å². The Labute approximate surface area is 69.6 Å². The van der Waals surface area contributed by atoms with Gasteiger partial charge in [0.05, 0.1) is 0 Å². The molecule has 0 saturated carbocycles. The van der Waals surface area contributed by atoms with Gasteiger partial charge in [0.2, 0.25) is 0 Å². The summed E-state index contributed by atoms with van der Waals surface area (Å²) in [5, 5.41) is 0. The molecule has 0 atom stereocenters. The quantitative estimate of drug-likeness (QED) is 0.450. The second-order valence-corrected chi connectivity index (χ2v) is 2.68. The van der Waals surface area contributed by atoms with E-state index in [1.54, 1.807) is 0 Å². The topological polar surface area (TPSA) is 15.6 Å². The smallest absolute Gasteiger partial charge is 0.102 e. The van der Waals surface area contributed by atoms with Gasteiger partial charge in [0.25, 0.3) is 0 Å². The molecule has 64 valence electrons. The molecule has 2 nitrogen and oxygen atoms in total. The molecule has 0 N–H and O–H groups in total. The number of hydrogen-bond acceptors (Lipinski definition) is 1. The molecule has 0 rings (SSSR count). The molecule has 0 fully saturated rings. The molecule has 0 aliphatic heterocycles. The normalized spacial score (nSPS) is 11.9. The minimum absolute atomic E-state index is 0.450. The Morgan fingerprint density at radius 3 is 2.27 bits per heavy atom. The molecule has 0 aromatic carbocycles. The first-order valence-corrected chi connectivity index (χ1v) is 4.03. The number of amidine groups is 1. The minimum atomic E-state index is 0.450. The lowest BCUT2D eigenvalue weighted by Crippen LogP contribution is -2.31. The largest absolute Gasteiger partial charge is 0.335 e. The van der Waals surface area contributed by atoms with Crippen LogP contribution in [0.15, 0.2) is 17.8 Å². The van der Waals surface area contributed by atoms with E-state index in [0.29, 0.717) is 6.04 Å². The Balaban J connectivity index is 4.35. The molecular weight excluding hydrogens is 136 g/mol. The maximum Gasteiger partial charge on any atom is 0.102 e. The molecular formula is C9H18N2. The fourth-order valence-corrected chi connectivity index (χ4v) is 1.07. The van der Waals surface area contributed by atoms with Crippen LogP contribution in [0.4, 0.5) is 0 Å². The van der Waals surface area contributed by atoms with E-state index in [0.717, 1.165) is 12.3 Å². The van der Waals surface area contributed by atoms with Crippen LogP contribution in [0, 0.1) is 0 Å². The van der Waals surface area contributed by atoms with E-state index >= 15 is 0 Å². The van der Waals surface area contributed by atoms with Gasteiger partial charge in [-0.2, -0.15) is 0 Å². The molecule has 0 aromatic rings. The SMILES string of the molecule is C=CN(C(CC)=NC)C(C)C. The molecule has 2 heteroatoms. The van der Waals surface area contributed by atoms with Crippen LogP contribution < -0.4 is 0 Å². The molecule has 11 heavy (non-hydrogen) atoms. The average Bonchev–Trinajstić information content (AvgIpc) is 1.99. The van der Waals surface area contributed by atoms with Crippen molar-refractivity contribution in [1.29, 1.82) is 0 Å². The highest BCUT2D eigenvalue weighted by molar-refractivity contribution is 5.83. The summed E-state index contributed by atoms with van der Waals surface area (Å²) in [4.78, 5) is 6.25. The zero-order chi connectivity index (χ0) is 8.85. The van der Waals surface area contributed by atoms with Gasteiger partial charge in [-0.3, -0.25) is 4.99 Å². The fraction of sp³-hybridized carbons (Fsp3) is 0.667. The van der Waals surface area contributed by atoms with Crippen molar-refractivity contribution in [3.63, 3.8) is 0 Å². The number of hydrogen-bond donors (Lipinski definition) is 0. The fourth-order valence-electron chi connectivity index (χ4n) is 1.07. The van der Waals surface area contributed by atoms with E-state index in [-0.39, 0.29) is 0 Å². The second-order valence-electron chi connectivity index (χ2n) is 2.68. The molecule has 0 spiro atoms. The van der Waals surface area contributed by atoms with Crippen molar-refractivity contribution in [3.05, 3.63) is 12.8 Å². The van der Waals surface area contributed by atoms with Crippen molar-refractivity contribution >= 4 is 5.84 Å². The predicted molar refractivity (Wildman–Crippen MR) is 50.8 cm³/mol. The van der Waals surface area contributed by atoms with Crippen LogP contribution >= 0.6 is 0 Å². The van der Waals surface area contributed by atoms with E-state index in [4.69, 9.17) is 0 Å². The van der Waals surface area contributed by atoms with Crippen LogP contribution in [0.5, 0.6) is 0 Å². The van der Waals surface area contributed by atoms with Gasteiger partial charge in [-0.05, 0) is 20.0 Å². The molecule has 0 heterocycles. The van der Waals surface area contributed by atoms with Crippen molar-refractivity contribution in [3.8, 4) is 0 Å². The highest BCUT2D eigenvalue weighted by Crippen LogP contribution is 2.02. The van der Waals surface area contributed by atoms with Crippen molar-refractivity contribution in [2.45, 2.75) is 33.2 Å². The lowest BCUT2D eigenvalue weighted by atomic mass is 10.3. The van der Waals surface area contributed by atoms with Gasteiger partial charge in [0.15, 0.2) is 0 Å². The number of nitrogens with zero attached hydrogens (tertiary/aromatic N) is 2. The predicted octanol–water partition coefficient (Wildman–Crippen LogP) is 2.28. The molecule has 0 unspecified atom stereocenters. The Kier molecular flexibility index (Phi) is 4.59. The lowest BCUT2D eigenvalue weighted by Gasteiger charge is -2.25. The van der Waals surface area contributed by atoms with E-state index in [1.165, 1.54) is 0 Å². The zero-order valence-corrected chi connectivity index (χ0v) is 7.96. The molecule has 0 aromatic heterocycles. The third kappa shape index (κ3) is 2.74. The first kappa shape index (κ1) is 10.2. The number of rotatable bonds is 3. The van der Waals surface area contributed by atoms with Crippen LogP contribution in [-0.2, 0) is 0 Å². The standard InChI is InChI=1S/C9H18N2/c1-6-9(10-5)11(7-2)8(3)4/h7-8H,2,6H2,1,3-5H3.